The smallest absolute Gasteiger partial charge is 0.0227 e. The topological polar surface area (TPSA) is 0 Å². The molecule has 2 aliphatic carbocycles. The fourth-order valence-corrected chi connectivity index (χ4v) is 7.34. The summed E-state index contributed by atoms with van der Waals surface area (Å²) in [5, 5.41) is 0. The highest BCUT2D eigenvalue weighted by Crippen LogP contribution is 2.40. The molecule has 1 aromatic rings. The largest absolute Gasteiger partial charge is 0.0776 e. The average Bonchev–Trinajstić information content (AvgIpc) is 3.60. The molecule has 2 saturated carbocycles. The Hall–Kier alpha value is -0.780. The summed E-state index contributed by atoms with van der Waals surface area (Å²) in [4.78, 5) is 0. The molecule has 0 heterocycles. The van der Waals surface area contributed by atoms with Crippen LogP contribution >= 0.6 is 0 Å². The zero-order chi connectivity index (χ0) is 51.3. The van der Waals surface area contributed by atoms with Gasteiger partial charge >= 0.3 is 0 Å². The number of hydrogen-bond acceptors (Lipinski definition) is 0. The van der Waals surface area contributed by atoms with Crippen molar-refractivity contribution in [3.63, 3.8) is 0 Å². The van der Waals surface area contributed by atoms with Crippen molar-refractivity contribution >= 4 is 0 Å². The molecule has 0 heteroatoms. The highest BCUT2D eigenvalue weighted by atomic mass is 14.3. The normalized spacial score (nSPS) is 14.6. The Bertz CT molecular complexity index is 1190. The maximum atomic E-state index is 2.38. The van der Waals surface area contributed by atoms with Gasteiger partial charge in [0.05, 0.1) is 0 Å². The highest BCUT2D eigenvalue weighted by Gasteiger charge is 2.28. The van der Waals surface area contributed by atoms with Crippen LogP contribution in [0.2, 0.25) is 0 Å². The van der Waals surface area contributed by atoms with Crippen molar-refractivity contribution in [1.29, 1.82) is 0 Å². The summed E-state index contributed by atoms with van der Waals surface area (Å²) in [7, 11) is 0. The fourth-order valence-electron chi connectivity index (χ4n) is 7.34. The molecule has 1 unspecified atom stereocenters. The maximum Gasteiger partial charge on any atom is -0.0227 e. The van der Waals surface area contributed by atoms with Gasteiger partial charge in [-0.1, -0.05) is 337 Å². The summed E-state index contributed by atoms with van der Waals surface area (Å²) in [6, 6.07) is 8.62. The van der Waals surface area contributed by atoms with Crippen LogP contribution in [0.3, 0.4) is 0 Å². The van der Waals surface area contributed by atoms with E-state index in [9.17, 15) is 0 Å². The van der Waals surface area contributed by atoms with E-state index in [0.717, 1.165) is 23.7 Å². The summed E-state index contributed by atoms with van der Waals surface area (Å²) < 4.78 is 0. The average molecular weight is 1010 g/mol. The minimum atomic E-state index is 0. The molecule has 1 aromatic carbocycles. The summed E-state index contributed by atoms with van der Waals surface area (Å²) in [6.45, 7) is 73.3. The first-order chi connectivity index (χ1) is 27.6. The number of aryl methyl sites for hydroxylation is 1. The molecule has 71 heavy (non-hydrogen) atoms. The van der Waals surface area contributed by atoms with E-state index in [1.807, 2.05) is 0 Å². The zero-order valence-corrected chi connectivity index (χ0v) is 50.6. The van der Waals surface area contributed by atoms with Gasteiger partial charge in [-0.3, -0.25) is 0 Å². The first kappa shape index (κ1) is 99.3. The Morgan fingerprint density at radius 1 is 0.408 bits per heavy atom. The molecule has 444 valence electrons. The van der Waals surface area contributed by atoms with Gasteiger partial charge in [0.1, 0.15) is 0 Å². The van der Waals surface area contributed by atoms with Crippen molar-refractivity contribution < 1.29 is 0 Å². The third-order valence-corrected chi connectivity index (χ3v) is 14.5. The lowest BCUT2D eigenvalue weighted by molar-refractivity contribution is 0.157. The van der Waals surface area contributed by atoms with Gasteiger partial charge in [-0.25, -0.2) is 0 Å². The second-order valence-corrected chi connectivity index (χ2v) is 30.7. The van der Waals surface area contributed by atoms with Crippen LogP contribution < -0.4 is 0 Å². The molecular weight excluding hydrogens is 853 g/mol. The van der Waals surface area contributed by atoms with E-state index in [1.54, 1.807) is 0 Å². The van der Waals surface area contributed by atoms with E-state index < -0.39 is 0 Å². The van der Waals surface area contributed by atoms with Crippen molar-refractivity contribution in [2.24, 2.45) is 72.4 Å². The first-order valence-electron chi connectivity index (χ1n) is 26.6. The molecule has 0 aromatic heterocycles. The van der Waals surface area contributed by atoms with Gasteiger partial charge in [-0.15, -0.1) is 0 Å². The summed E-state index contributed by atoms with van der Waals surface area (Å²) >= 11 is 0. The molecule has 0 amide bonds. The van der Waals surface area contributed by atoms with Gasteiger partial charge in [-0.2, -0.15) is 0 Å². The number of hydrogen-bond donors (Lipinski definition) is 0. The van der Waals surface area contributed by atoms with Crippen LogP contribution in [-0.2, 0) is 6.42 Å². The zero-order valence-electron chi connectivity index (χ0n) is 50.6. The molecule has 0 radical (unpaired) electrons. The molecular formula is C71H160. The maximum absolute atomic E-state index is 2.38. The van der Waals surface area contributed by atoms with E-state index in [4.69, 9.17) is 0 Å². The Labute approximate surface area is 463 Å². The summed E-state index contributed by atoms with van der Waals surface area (Å²) in [5.41, 5.74) is 7.28. The van der Waals surface area contributed by atoms with Gasteiger partial charge in [0.2, 0.25) is 0 Å². The van der Waals surface area contributed by atoms with Crippen LogP contribution in [0.4, 0.5) is 0 Å². The van der Waals surface area contributed by atoms with Gasteiger partial charge < -0.3 is 0 Å². The van der Waals surface area contributed by atoms with Crippen LogP contribution in [0.1, 0.15) is 356 Å². The minimum Gasteiger partial charge on any atom is -0.0776 e. The van der Waals surface area contributed by atoms with Crippen molar-refractivity contribution in [3.05, 3.63) is 35.4 Å². The number of rotatable bonds is 2. The molecule has 0 spiro atoms. The number of benzene rings is 1. The van der Waals surface area contributed by atoms with Crippen LogP contribution in [0.15, 0.2) is 24.3 Å². The lowest BCUT2D eigenvalue weighted by Crippen LogP contribution is -2.25. The van der Waals surface area contributed by atoms with E-state index in [2.05, 4.69) is 246 Å². The Morgan fingerprint density at radius 3 is 0.817 bits per heavy atom. The molecule has 0 aliphatic heterocycles. The van der Waals surface area contributed by atoms with Crippen LogP contribution in [-0.4, -0.2) is 0 Å². The highest BCUT2D eigenvalue weighted by molar-refractivity contribution is 5.26. The molecule has 0 bridgehead atoms. The van der Waals surface area contributed by atoms with Crippen LogP contribution in [0.25, 0.3) is 0 Å². The van der Waals surface area contributed by atoms with E-state index in [1.165, 1.54) is 88.2 Å². The fraction of sp³-hybridized carbons (Fsp3) is 0.915. The van der Waals surface area contributed by atoms with Crippen molar-refractivity contribution in [2.75, 3.05) is 0 Å². The van der Waals surface area contributed by atoms with Gasteiger partial charge in [0, 0.05) is 0 Å². The monoisotopic (exact) mass is 1010 g/mol. The summed E-state index contributed by atoms with van der Waals surface area (Å²) in [5.74, 6) is 3.66. The Morgan fingerprint density at radius 2 is 0.676 bits per heavy atom. The molecule has 0 saturated heterocycles. The molecule has 2 fully saturated rings. The second-order valence-electron chi connectivity index (χ2n) is 30.7. The van der Waals surface area contributed by atoms with Crippen LogP contribution in [0, 0.1) is 79.3 Å². The van der Waals surface area contributed by atoms with Crippen molar-refractivity contribution in [2.45, 2.75) is 358 Å². The van der Waals surface area contributed by atoms with Crippen LogP contribution in [0.5, 0.6) is 0 Å². The van der Waals surface area contributed by atoms with E-state index in [-0.39, 0.29) is 59.4 Å². The Balaban J connectivity index is -0.0000000565. The van der Waals surface area contributed by atoms with Crippen molar-refractivity contribution in [3.8, 4) is 0 Å². The predicted molar refractivity (Wildman–Crippen MR) is 351 cm³/mol. The molecule has 0 N–H and O–H groups in total. The molecule has 3 rings (SSSR count). The van der Waals surface area contributed by atoms with Gasteiger partial charge in [-0.05, 0) is 129 Å². The molecule has 1 atom stereocenters. The summed E-state index contributed by atoms with van der Waals surface area (Å²) in [6.07, 6.45) is 17.0. The predicted octanol–water partition coefficient (Wildman–Crippen LogP) is 27.8. The lowest BCUT2D eigenvalue weighted by atomic mass is 9.71. The molecule has 2 aliphatic rings. The lowest BCUT2D eigenvalue weighted by Gasteiger charge is -2.34. The third kappa shape index (κ3) is 61.7. The van der Waals surface area contributed by atoms with E-state index in [0.29, 0.717) is 48.7 Å². The SMILES string of the molecule is C.C.C.C.C.C.C.C.CC(C)(C)C(C)(C)C.CC(C)(C)C1CCCC1.CC(C)(C)C1CCCCC1.CC(C)(C)CC(C)(C)C.CC(C)C(C)(C)C.CCC(C)C(C)(C)C.Cc1ccccc1CC(C)(C)C. The van der Waals surface area contributed by atoms with E-state index >= 15 is 0 Å². The Kier molecular flexibility index (Phi) is 59.2. The van der Waals surface area contributed by atoms with Crippen molar-refractivity contribution in [1.82, 2.24) is 0 Å². The first-order valence-corrected chi connectivity index (χ1v) is 26.6. The standard InChI is InChI=1S/C12H18.C10H20.C9H18.C9H20.2C8H18.C7H16.8CH4/c1-10-7-5-6-8-11(10)9-12(2,3)4;1-10(2,3)9-7-5-4-6-8-9;1-9(2,3)8-6-4-5-7-8;1-8(2,3)7-9(4,5)6;1-7(2,3)8(4,5)6;1-6-7(2)8(3,4)5;1-6(2)7(3,4)5;;;;;;;;/h5-8H,9H2,1-4H3;9H,4-8H2,1-3H3;8H,4-7H2,1-3H3;7H2,1-6H3;1-6H3;7H,6H2,1-5H3;6H,1-5H3;8*1H4. The van der Waals surface area contributed by atoms with Gasteiger partial charge in [0.15, 0.2) is 0 Å². The quantitative estimate of drug-likeness (QED) is 0.277. The van der Waals surface area contributed by atoms with Gasteiger partial charge in [0.25, 0.3) is 0 Å². The minimum absolute atomic E-state index is 0. The molecule has 0 nitrogen and oxygen atoms in total. The second kappa shape index (κ2) is 42.3. The third-order valence-electron chi connectivity index (χ3n) is 14.5.